The minimum absolute atomic E-state index is 0.291. The van der Waals surface area contributed by atoms with Crippen LogP contribution in [0.15, 0.2) is 66.7 Å². The molecule has 0 fully saturated rings. The predicted molar refractivity (Wildman–Crippen MR) is 97.6 cm³/mol. The largest absolute Gasteiger partial charge is 0.455 e. The molecule has 5 nitrogen and oxygen atoms in total. The molecule has 2 aromatic rings. The number of hydrogen-bond donors (Lipinski definition) is 1. The SMILES string of the molecule is N#CC(C(=O)Nc1ccccc1Oc1ccccc1)C(=O)C1CC=CC1. The number of benzene rings is 2. The number of nitrogens with one attached hydrogen (secondary N) is 1. The Hall–Kier alpha value is -3.39. The van der Waals surface area contributed by atoms with Gasteiger partial charge in [-0.3, -0.25) is 9.59 Å². The van der Waals surface area contributed by atoms with Gasteiger partial charge in [0.2, 0.25) is 5.91 Å². The van der Waals surface area contributed by atoms with E-state index in [-0.39, 0.29) is 11.7 Å². The van der Waals surface area contributed by atoms with Gasteiger partial charge in [0.25, 0.3) is 0 Å². The molecule has 0 radical (unpaired) electrons. The highest BCUT2D eigenvalue weighted by Crippen LogP contribution is 2.30. The average Bonchev–Trinajstić information content (AvgIpc) is 3.19. The quantitative estimate of drug-likeness (QED) is 0.631. The maximum absolute atomic E-state index is 12.5. The molecule has 1 aliphatic rings. The van der Waals surface area contributed by atoms with Crippen LogP contribution in [0.5, 0.6) is 11.5 Å². The molecular formula is C21H18N2O3. The zero-order valence-corrected chi connectivity index (χ0v) is 14.1. The Bertz CT molecular complexity index is 860. The number of carbonyl (C=O) groups excluding carboxylic acids is 2. The summed E-state index contributed by atoms with van der Waals surface area (Å²) in [5, 5.41) is 12.0. The van der Waals surface area contributed by atoms with E-state index in [1.54, 1.807) is 36.4 Å². The second-order valence-electron chi connectivity index (χ2n) is 6.00. The fraction of sp³-hybridized carbons (Fsp3) is 0.190. The Morgan fingerprint density at radius 2 is 1.69 bits per heavy atom. The molecule has 0 aromatic heterocycles. The number of ether oxygens (including phenoxy) is 1. The lowest BCUT2D eigenvalue weighted by Crippen LogP contribution is -2.32. The van der Waals surface area contributed by atoms with E-state index < -0.39 is 11.8 Å². The van der Waals surface area contributed by atoms with Crippen LogP contribution in [0.25, 0.3) is 0 Å². The summed E-state index contributed by atoms with van der Waals surface area (Å²) in [6.07, 6.45) is 4.96. The number of allylic oxidation sites excluding steroid dienone is 2. The molecule has 0 aliphatic heterocycles. The molecule has 26 heavy (non-hydrogen) atoms. The number of para-hydroxylation sites is 3. The molecule has 2 aromatic carbocycles. The van der Waals surface area contributed by atoms with Crippen LogP contribution in [0.2, 0.25) is 0 Å². The molecule has 1 N–H and O–H groups in total. The molecule has 0 spiro atoms. The van der Waals surface area contributed by atoms with Gasteiger partial charge in [0.05, 0.1) is 11.8 Å². The molecule has 0 saturated heterocycles. The number of rotatable bonds is 6. The molecule has 1 atom stereocenters. The van der Waals surface area contributed by atoms with Crippen molar-refractivity contribution in [1.29, 1.82) is 5.26 Å². The standard InChI is InChI=1S/C21H18N2O3/c22-14-17(20(24)15-8-4-5-9-15)21(25)23-18-12-6-7-13-19(18)26-16-10-2-1-3-11-16/h1-7,10-13,15,17H,8-9H2,(H,23,25). The van der Waals surface area contributed by atoms with Crippen molar-refractivity contribution in [3.05, 3.63) is 66.7 Å². The highest BCUT2D eigenvalue weighted by molar-refractivity contribution is 6.10. The van der Waals surface area contributed by atoms with E-state index in [1.807, 2.05) is 36.4 Å². The summed E-state index contributed by atoms with van der Waals surface area (Å²) in [5.41, 5.74) is 0.416. The molecule has 1 aliphatic carbocycles. The predicted octanol–water partition coefficient (Wildman–Crippen LogP) is 4.09. The fourth-order valence-electron chi connectivity index (χ4n) is 2.82. The number of nitrogens with zero attached hydrogens (tertiary/aromatic N) is 1. The van der Waals surface area contributed by atoms with Crippen LogP contribution in [0.3, 0.4) is 0 Å². The zero-order valence-electron chi connectivity index (χ0n) is 14.1. The van der Waals surface area contributed by atoms with Gasteiger partial charge < -0.3 is 10.1 Å². The summed E-state index contributed by atoms with van der Waals surface area (Å²) in [7, 11) is 0. The Morgan fingerprint density at radius 3 is 2.38 bits per heavy atom. The average molecular weight is 346 g/mol. The monoisotopic (exact) mass is 346 g/mol. The van der Waals surface area contributed by atoms with Gasteiger partial charge in [-0.25, -0.2) is 0 Å². The Kier molecular flexibility index (Phi) is 5.45. The smallest absolute Gasteiger partial charge is 0.249 e. The Morgan fingerprint density at radius 1 is 1.04 bits per heavy atom. The number of Topliss-reactive ketones (excluding diaryl/α,β-unsaturated/α-hetero) is 1. The summed E-state index contributed by atoms with van der Waals surface area (Å²) in [5.74, 6) is -1.52. The normalized spacial score (nSPS) is 14.4. The van der Waals surface area contributed by atoms with Crippen molar-refractivity contribution in [1.82, 2.24) is 0 Å². The molecule has 1 amide bonds. The topological polar surface area (TPSA) is 79.2 Å². The van der Waals surface area contributed by atoms with E-state index in [9.17, 15) is 14.9 Å². The lowest BCUT2D eigenvalue weighted by Gasteiger charge is -2.15. The van der Waals surface area contributed by atoms with Crippen molar-refractivity contribution in [2.75, 3.05) is 5.32 Å². The van der Waals surface area contributed by atoms with Crippen molar-refractivity contribution in [2.45, 2.75) is 12.8 Å². The van der Waals surface area contributed by atoms with Crippen LogP contribution >= 0.6 is 0 Å². The summed E-state index contributed by atoms with van der Waals surface area (Å²) >= 11 is 0. The minimum atomic E-state index is -1.33. The molecule has 5 heteroatoms. The number of anilines is 1. The third kappa shape index (κ3) is 3.98. The first-order chi connectivity index (χ1) is 12.7. The van der Waals surface area contributed by atoms with Crippen LogP contribution in [0, 0.1) is 23.2 Å². The van der Waals surface area contributed by atoms with Gasteiger partial charge in [-0.05, 0) is 37.1 Å². The van der Waals surface area contributed by atoms with E-state index in [0.29, 0.717) is 30.0 Å². The fourth-order valence-corrected chi connectivity index (χ4v) is 2.82. The third-order valence-corrected chi connectivity index (χ3v) is 4.20. The van der Waals surface area contributed by atoms with E-state index in [1.165, 1.54) is 0 Å². The van der Waals surface area contributed by atoms with Crippen LogP contribution in [-0.4, -0.2) is 11.7 Å². The molecule has 0 saturated carbocycles. The van der Waals surface area contributed by atoms with Gasteiger partial charge in [-0.15, -0.1) is 0 Å². The zero-order chi connectivity index (χ0) is 18.4. The maximum atomic E-state index is 12.5. The molecule has 0 bridgehead atoms. The third-order valence-electron chi connectivity index (χ3n) is 4.20. The maximum Gasteiger partial charge on any atom is 0.249 e. The number of carbonyl (C=O) groups is 2. The Balaban J connectivity index is 1.74. The first-order valence-electron chi connectivity index (χ1n) is 8.40. The minimum Gasteiger partial charge on any atom is -0.455 e. The second-order valence-corrected chi connectivity index (χ2v) is 6.00. The number of nitriles is 1. The van der Waals surface area contributed by atoms with E-state index in [2.05, 4.69) is 5.32 Å². The first kappa shape index (κ1) is 17.4. The molecule has 1 unspecified atom stereocenters. The van der Waals surface area contributed by atoms with Crippen molar-refractivity contribution < 1.29 is 14.3 Å². The van der Waals surface area contributed by atoms with Gasteiger partial charge in [-0.2, -0.15) is 5.26 Å². The van der Waals surface area contributed by atoms with Crippen LogP contribution in [0.1, 0.15) is 12.8 Å². The number of amides is 1. The van der Waals surface area contributed by atoms with Crippen LogP contribution in [0.4, 0.5) is 5.69 Å². The number of ketones is 1. The Labute approximate surface area is 151 Å². The van der Waals surface area contributed by atoms with Crippen molar-refractivity contribution in [3.8, 4) is 17.6 Å². The molecular weight excluding hydrogens is 328 g/mol. The summed E-state index contributed by atoms with van der Waals surface area (Å²) in [6.45, 7) is 0. The highest BCUT2D eigenvalue weighted by atomic mass is 16.5. The highest BCUT2D eigenvalue weighted by Gasteiger charge is 2.33. The number of hydrogen-bond acceptors (Lipinski definition) is 4. The van der Waals surface area contributed by atoms with E-state index in [4.69, 9.17) is 4.74 Å². The van der Waals surface area contributed by atoms with Gasteiger partial charge in [-0.1, -0.05) is 42.5 Å². The summed E-state index contributed by atoms with van der Waals surface area (Å²) in [4.78, 5) is 24.9. The second kappa shape index (κ2) is 8.13. The first-order valence-corrected chi connectivity index (χ1v) is 8.40. The molecule has 3 rings (SSSR count). The van der Waals surface area contributed by atoms with E-state index in [0.717, 1.165) is 0 Å². The van der Waals surface area contributed by atoms with Crippen LogP contribution < -0.4 is 10.1 Å². The van der Waals surface area contributed by atoms with Crippen LogP contribution in [-0.2, 0) is 9.59 Å². The molecule has 130 valence electrons. The summed E-state index contributed by atoms with van der Waals surface area (Å²) < 4.78 is 5.79. The van der Waals surface area contributed by atoms with Gasteiger partial charge in [0, 0.05) is 5.92 Å². The lowest BCUT2D eigenvalue weighted by atomic mass is 9.91. The van der Waals surface area contributed by atoms with Crippen molar-refractivity contribution in [2.24, 2.45) is 11.8 Å². The van der Waals surface area contributed by atoms with Crippen molar-refractivity contribution in [3.63, 3.8) is 0 Å². The lowest BCUT2D eigenvalue weighted by molar-refractivity contribution is -0.131. The van der Waals surface area contributed by atoms with Crippen molar-refractivity contribution >= 4 is 17.4 Å². The summed E-state index contributed by atoms with van der Waals surface area (Å²) in [6, 6.07) is 17.9. The van der Waals surface area contributed by atoms with Gasteiger partial charge in [0.1, 0.15) is 5.75 Å². The van der Waals surface area contributed by atoms with Gasteiger partial charge in [0.15, 0.2) is 17.5 Å². The molecule has 0 heterocycles. The van der Waals surface area contributed by atoms with Gasteiger partial charge >= 0.3 is 0 Å². The van der Waals surface area contributed by atoms with E-state index >= 15 is 0 Å².